The van der Waals surface area contributed by atoms with Gasteiger partial charge < -0.3 is 0 Å². The highest BCUT2D eigenvalue weighted by molar-refractivity contribution is 9.09. The molecule has 2 aromatic carbocycles. The second kappa shape index (κ2) is 8.30. The summed E-state index contributed by atoms with van der Waals surface area (Å²) in [7, 11) is 0. The molecule has 0 aliphatic rings. The lowest BCUT2D eigenvalue weighted by molar-refractivity contribution is 0.606. The molecule has 0 heterocycles. The van der Waals surface area contributed by atoms with Crippen LogP contribution < -0.4 is 0 Å². The third kappa shape index (κ3) is 4.30. The van der Waals surface area contributed by atoms with Crippen molar-refractivity contribution in [3.63, 3.8) is 0 Å². The van der Waals surface area contributed by atoms with E-state index in [1.807, 2.05) is 12.1 Å². The molecule has 0 atom stereocenters. The fourth-order valence-electron chi connectivity index (χ4n) is 2.06. The van der Waals surface area contributed by atoms with Gasteiger partial charge in [0, 0.05) is 31.6 Å². The van der Waals surface area contributed by atoms with Gasteiger partial charge >= 0.3 is 0 Å². The molecule has 0 saturated carbocycles. The van der Waals surface area contributed by atoms with E-state index in [1.54, 1.807) is 12.1 Å². The Bertz CT molecular complexity index is 564. The summed E-state index contributed by atoms with van der Waals surface area (Å²) in [4.78, 5) is 1.69. The lowest BCUT2D eigenvalue weighted by atomic mass is 10.1. The summed E-state index contributed by atoms with van der Waals surface area (Å²) in [6, 6.07) is 10.1. The van der Waals surface area contributed by atoms with Gasteiger partial charge in [0.1, 0.15) is 11.6 Å². The van der Waals surface area contributed by atoms with Crippen LogP contribution in [0.4, 0.5) is 8.78 Å². The summed E-state index contributed by atoms with van der Waals surface area (Å²) in [5.41, 5.74) is 1.35. The maximum Gasteiger partial charge on any atom is 0.127 e. The second-order valence-electron chi connectivity index (χ2n) is 4.41. The van der Waals surface area contributed by atoms with E-state index in [2.05, 4.69) is 31.9 Å². The zero-order chi connectivity index (χ0) is 15.2. The number of halogens is 4. The van der Waals surface area contributed by atoms with Crippen molar-refractivity contribution in [1.29, 1.82) is 0 Å². The molecule has 0 spiro atoms. The second-order valence-corrected chi connectivity index (χ2v) is 7.08. The van der Waals surface area contributed by atoms with Crippen LogP contribution in [-0.2, 0) is 12.8 Å². The molecule has 112 valence electrons. The molecule has 2 rings (SSSR count). The van der Waals surface area contributed by atoms with Crippen LogP contribution >= 0.6 is 43.6 Å². The van der Waals surface area contributed by atoms with Crippen LogP contribution in [-0.4, -0.2) is 10.7 Å². The molecule has 0 aliphatic carbocycles. The minimum atomic E-state index is -0.210. The highest BCUT2D eigenvalue weighted by Crippen LogP contribution is 2.35. The Kier molecular flexibility index (Phi) is 6.71. The molecular weight excluding hydrogens is 422 g/mol. The quantitative estimate of drug-likeness (QED) is 0.502. The summed E-state index contributed by atoms with van der Waals surface area (Å²) in [5, 5.41) is 1.39. The fraction of sp³-hybridized carbons (Fsp3) is 0.250. The Hall–Kier alpha value is -0.390. The minimum Gasteiger partial charge on any atom is -0.207 e. The number of hydrogen-bond donors (Lipinski definition) is 0. The Morgan fingerprint density at radius 1 is 0.762 bits per heavy atom. The van der Waals surface area contributed by atoms with Crippen LogP contribution in [0.1, 0.15) is 11.1 Å². The van der Waals surface area contributed by atoms with E-state index < -0.39 is 0 Å². The van der Waals surface area contributed by atoms with E-state index in [9.17, 15) is 8.78 Å². The van der Waals surface area contributed by atoms with Crippen molar-refractivity contribution in [3.8, 4) is 0 Å². The van der Waals surface area contributed by atoms with Gasteiger partial charge in [0.15, 0.2) is 0 Å². The van der Waals surface area contributed by atoms with E-state index in [0.29, 0.717) is 34.6 Å². The molecule has 0 saturated heterocycles. The van der Waals surface area contributed by atoms with Gasteiger partial charge in [-0.05, 0) is 37.1 Å². The van der Waals surface area contributed by atoms with E-state index in [-0.39, 0.29) is 11.6 Å². The minimum absolute atomic E-state index is 0.210. The van der Waals surface area contributed by atoms with Crippen molar-refractivity contribution in [3.05, 3.63) is 59.2 Å². The van der Waals surface area contributed by atoms with Crippen LogP contribution in [0, 0.1) is 11.6 Å². The standard InChI is InChI=1S/C16H14Br2F2S/c17-9-7-11-13(19)3-1-5-15(11)21-16-6-2-4-14(20)12(16)8-10-18/h1-6H,7-10H2. The number of rotatable bonds is 6. The van der Waals surface area contributed by atoms with Crippen molar-refractivity contribution in [2.45, 2.75) is 22.6 Å². The lowest BCUT2D eigenvalue weighted by Crippen LogP contribution is -1.97. The van der Waals surface area contributed by atoms with Crippen molar-refractivity contribution < 1.29 is 8.78 Å². The average Bonchev–Trinajstić information content (AvgIpc) is 2.46. The van der Waals surface area contributed by atoms with Crippen molar-refractivity contribution >= 4 is 43.6 Å². The maximum atomic E-state index is 14.0. The van der Waals surface area contributed by atoms with Gasteiger partial charge in [0.25, 0.3) is 0 Å². The Labute approximate surface area is 144 Å². The van der Waals surface area contributed by atoms with E-state index in [0.717, 1.165) is 9.79 Å². The topological polar surface area (TPSA) is 0 Å². The molecule has 0 bridgehead atoms. The summed E-state index contributed by atoms with van der Waals surface area (Å²) < 4.78 is 27.9. The van der Waals surface area contributed by atoms with Crippen LogP contribution in [0.15, 0.2) is 46.2 Å². The van der Waals surface area contributed by atoms with Crippen LogP contribution in [0.25, 0.3) is 0 Å². The molecule has 0 fully saturated rings. The van der Waals surface area contributed by atoms with Crippen molar-refractivity contribution in [1.82, 2.24) is 0 Å². The van der Waals surface area contributed by atoms with Crippen LogP contribution in [0.3, 0.4) is 0 Å². The zero-order valence-corrected chi connectivity index (χ0v) is 15.2. The van der Waals surface area contributed by atoms with Crippen molar-refractivity contribution in [2.75, 3.05) is 10.7 Å². The SMILES string of the molecule is Fc1cccc(Sc2cccc(F)c2CCBr)c1CCBr. The molecule has 5 heteroatoms. The van der Waals surface area contributed by atoms with Gasteiger partial charge in [-0.2, -0.15) is 0 Å². The molecule has 0 aromatic heterocycles. The first-order chi connectivity index (χ1) is 10.2. The van der Waals surface area contributed by atoms with Crippen molar-refractivity contribution in [2.24, 2.45) is 0 Å². The van der Waals surface area contributed by atoms with E-state index in [1.165, 1.54) is 23.9 Å². The number of hydrogen-bond acceptors (Lipinski definition) is 1. The van der Waals surface area contributed by atoms with Gasteiger partial charge in [0.05, 0.1) is 0 Å². The molecule has 0 aliphatic heterocycles. The third-order valence-electron chi connectivity index (χ3n) is 3.06. The largest absolute Gasteiger partial charge is 0.207 e. The molecule has 21 heavy (non-hydrogen) atoms. The molecule has 0 unspecified atom stereocenters. The molecule has 0 nitrogen and oxygen atoms in total. The first kappa shape index (κ1) is 17.0. The maximum absolute atomic E-state index is 14.0. The molecular formula is C16H14Br2F2S. The molecule has 0 radical (unpaired) electrons. The molecule has 0 amide bonds. The third-order valence-corrected chi connectivity index (χ3v) is 5.06. The van der Waals surface area contributed by atoms with Gasteiger partial charge in [-0.3, -0.25) is 0 Å². The number of benzene rings is 2. The van der Waals surface area contributed by atoms with Gasteiger partial charge in [-0.15, -0.1) is 0 Å². The monoisotopic (exact) mass is 434 g/mol. The molecule has 2 aromatic rings. The first-order valence-corrected chi connectivity index (χ1v) is 9.58. The van der Waals surface area contributed by atoms with Crippen LogP contribution in [0.5, 0.6) is 0 Å². The summed E-state index contributed by atoms with van der Waals surface area (Å²) in [5.74, 6) is -0.421. The predicted molar refractivity (Wildman–Crippen MR) is 91.9 cm³/mol. The summed E-state index contributed by atoms with van der Waals surface area (Å²) >= 11 is 8.12. The molecule has 0 N–H and O–H groups in total. The smallest absolute Gasteiger partial charge is 0.127 e. The Morgan fingerprint density at radius 3 is 1.57 bits per heavy atom. The number of alkyl halides is 2. The lowest BCUT2D eigenvalue weighted by Gasteiger charge is -2.12. The van der Waals surface area contributed by atoms with Gasteiger partial charge in [0.2, 0.25) is 0 Å². The Balaban J connectivity index is 2.39. The van der Waals surface area contributed by atoms with Gasteiger partial charge in [-0.25, -0.2) is 8.78 Å². The first-order valence-electron chi connectivity index (χ1n) is 6.52. The highest BCUT2D eigenvalue weighted by atomic mass is 79.9. The average molecular weight is 436 g/mol. The summed E-state index contributed by atoms with van der Waals surface area (Å²) in [6.45, 7) is 0. The van der Waals surface area contributed by atoms with E-state index in [4.69, 9.17) is 0 Å². The summed E-state index contributed by atoms with van der Waals surface area (Å²) in [6.07, 6.45) is 1.22. The predicted octanol–water partition coefficient (Wildman–Crippen LogP) is 5.99. The van der Waals surface area contributed by atoms with Crippen LogP contribution in [0.2, 0.25) is 0 Å². The zero-order valence-electron chi connectivity index (χ0n) is 11.2. The fourth-order valence-corrected chi connectivity index (χ4v) is 4.03. The van der Waals surface area contributed by atoms with E-state index >= 15 is 0 Å². The Morgan fingerprint density at radius 2 is 1.19 bits per heavy atom. The van der Waals surface area contributed by atoms with Gasteiger partial charge in [-0.1, -0.05) is 55.8 Å². The highest BCUT2D eigenvalue weighted by Gasteiger charge is 2.13. The normalized spacial score (nSPS) is 10.9.